The van der Waals surface area contributed by atoms with E-state index in [1.165, 1.54) is 0 Å². The summed E-state index contributed by atoms with van der Waals surface area (Å²) in [6.45, 7) is 1.55. The molecule has 1 saturated carbocycles. The Morgan fingerprint density at radius 3 is 2.48 bits per heavy atom. The number of amides is 1. The minimum absolute atomic E-state index is 0. The SMILES string of the molecule is COc1ccc(C2=NN(CCCCn3ccnc3)C(=O)C3CCCCC23)cc1OC.Cl. The highest BCUT2D eigenvalue weighted by Gasteiger charge is 2.41. The molecule has 8 heteroatoms. The van der Waals surface area contributed by atoms with E-state index in [1.807, 2.05) is 30.7 Å². The summed E-state index contributed by atoms with van der Waals surface area (Å²) in [5, 5.41) is 6.58. The maximum atomic E-state index is 13.1. The van der Waals surface area contributed by atoms with E-state index in [2.05, 4.69) is 9.55 Å². The molecule has 0 saturated heterocycles. The highest BCUT2D eigenvalue weighted by Crippen LogP contribution is 2.39. The van der Waals surface area contributed by atoms with Gasteiger partial charge in [-0.15, -0.1) is 12.4 Å². The number of methoxy groups -OCH3 is 2. The average Bonchev–Trinajstić information content (AvgIpc) is 3.31. The first-order valence-electron chi connectivity index (χ1n) is 10.8. The van der Waals surface area contributed by atoms with Gasteiger partial charge in [-0.1, -0.05) is 12.8 Å². The second-order valence-electron chi connectivity index (χ2n) is 8.02. The molecule has 168 valence electrons. The van der Waals surface area contributed by atoms with Crippen molar-refractivity contribution in [2.45, 2.75) is 45.1 Å². The lowest BCUT2D eigenvalue weighted by Crippen LogP contribution is -2.46. The minimum atomic E-state index is 0. The van der Waals surface area contributed by atoms with E-state index in [0.717, 1.165) is 56.3 Å². The second kappa shape index (κ2) is 10.7. The number of ether oxygens (including phenoxy) is 2. The molecular weight excluding hydrogens is 416 g/mol. The molecule has 1 fully saturated rings. The predicted octanol–water partition coefficient (Wildman–Crippen LogP) is 4.16. The molecule has 4 rings (SSSR count). The maximum absolute atomic E-state index is 13.1. The van der Waals surface area contributed by atoms with Crippen molar-refractivity contribution in [1.82, 2.24) is 14.6 Å². The number of hydrogen-bond donors (Lipinski definition) is 0. The van der Waals surface area contributed by atoms with E-state index in [9.17, 15) is 4.79 Å². The van der Waals surface area contributed by atoms with Gasteiger partial charge in [0.05, 0.1) is 26.3 Å². The van der Waals surface area contributed by atoms with Crippen LogP contribution >= 0.6 is 12.4 Å². The normalized spacial score (nSPS) is 20.5. The van der Waals surface area contributed by atoms with Crippen LogP contribution in [-0.2, 0) is 11.3 Å². The summed E-state index contributed by atoms with van der Waals surface area (Å²) in [4.78, 5) is 17.2. The molecule has 1 aromatic heterocycles. The Morgan fingerprint density at radius 1 is 1.03 bits per heavy atom. The van der Waals surface area contributed by atoms with Crippen molar-refractivity contribution in [2.24, 2.45) is 16.9 Å². The number of aromatic nitrogens is 2. The van der Waals surface area contributed by atoms with Crippen molar-refractivity contribution in [1.29, 1.82) is 0 Å². The Kier molecular flexibility index (Phi) is 7.96. The van der Waals surface area contributed by atoms with Gasteiger partial charge in [-0.3, -0.25) is 4.79 Å². The monoisotopic (exact) mass is 446 g/mol. The van der Waals surface area contributed by atoms with Crippen molar-refractivity contribution < 1.29 is 14.3 Å². The summed E-state index contributed by atoms with van der Waals surface area (Å²) in [7, 11) is 3.28. The van der Waals surface area contributed by atoms with Gasteiger partial charge in [-0.05, 0) is 43.9 Å². The summed E-state index contributed by atoms with van der Waals surface area (Å²) in [5.41, 5.74) is 2.02. The van der Waals surface area contributed by atoms with Gasteiger partial charge in [-0.25, -0.2) is 9.99 Å². The molecule has 1 aliphatic heterocycles. The molecule has 0 spiro atoms. The fraction of sp³-hybridized carbons (Fsp3) is 0.522. The van der Waals surface area contributed by atoms with Gasteiger partial charge < -0.3 is 14.0 Å². The van der Waals surface area contributed by atoms with Crippen LogP contribution in [0.3, 0.4) is 0 Å². The Hall–Kier alpha value is -2.54. The first-order chi connectivity index (χ1) is 14.7. The van der Waals surface area contributed by atoms with E-state index in [4.69, 9.17) is 14.6 Å². The van der Waals surface area contributed by atoms with E-state index < -0.39 is 0 Å². The van der Waals surface area contributed by atoms with Gasteiger partial charge in [0.15, 0.2) is 11.5 Å². The highest BCUT2D eigenvalue weighted by molar-refractivity contribution is 6.07. The van der Waals surface area contributed by atoms with Crippen molar-refractivity contribution in [3.05, 3.63) is 42.5 Å². The molecule has 31 heavy (non-hydrogen) atoms. The number of carbonyl (C=O) groups is 1. The highest BCUT2D eigenvalue weighted by atomic mass is 35.5. The van der Waals surface area contributed by atoms with Crippen LogP contribution < -0.4 is 9.47 Å². The number of rotatable bonds is 8. The van der Waals surface area contributed by atoms with Crippen LogP contribution in [0.15, 0.2) is 42.0 Å². The Morgan fingerprint density at radius 2 is 1.77 bits per heavy atom. The van der Waals surface area contributed by atoms with Crippen LogP contribution in [-0.4, -0.2) is 46.9 Å². The number of benzene rings is 1. The lowest BCUT2D eigenvalue weighted by Gasteiger charge is -2.38. The quantitative estimate of drug-likeness (QED) is 0.571. The zero-order chi connectivity index (χ0) is 20.9. The molecule has 7 nitrogen and oxygen atoms in total. The molecule has 2 atom stereocenters. The second-order valence-corrected chi connectivity index (χ2v) is 8.02. The predicted molar refractivity (Wildman–Crippen MR) is 122 cm³/mol. The molecular formula is C23H31ClN4O3. The summed E-state index contributed by atoms with van der Waals surface area (Å²) >= 11 is 0. The Labute approximate surface area is 189 Å². The fourth-order valence-electron chi connectivity index (χ4n) is 4.60. The molecule has 0 radical (unpaired) electrons. The molecule has 2 aromatic rings. The van der Waals surface area contributed by atoms with Gasteiger partial charge in [0.1, 0.15) is 0 Å². The van der Waals surface area contributed by atoms with Gasteiger partial charge in [0, 0.05) is 42.9 Å². The standard InChI is InChI=1S/C23H30N4O3.ClH/c1-29-20-10-9-17(15-21(20)30-2)22-18-7-3-4-8-19(18)23(28)27(25-22)13-6-5-12-26-14-11-24-16-26;/h9-11,14-16,18-19H,3-8,12-13H2,1-2H3;1H. The maximum Gasteiger partial charge on any atom is 0.246 e. The number of nitrogens with zero attached hydrogens (tertiary/aromatic N) is 4. The van der Waals surface area contributed by atoms with Crippen LogP contribution in [0, 0.1) is 11.8 Å². The van der Waals surface area contributed by atoms with Gasteiger partial charge >= 0.3 is 0 Å². The fourth-order valence-corrected chi connectivity index (χ4v) is 4.60. The number of hydrogen-bond acceptors (Lipinski definition) is 5. The summed E-state index contributed by atoms with van der Waals surface area (Å²) in [5.74, 6) is 1.80. The van der Waals surface area contributed by atoms with Crippen LogP contribution in [0.25, 0.3) is 0 Å². The third-order valence-corrected chi connectivity index (χ3v) is 6.19. The molecule has 2 heterocycles. The summed E-state index contributed by atoms with van der Waals surface area (Å²) in [6.07, 6.45) is 11.7. The van der Waals surface area contributed by atoms with E-state index in [-0.39, 0.29) is 30.2 Å². The van der Waals surface area contributed by atoms with Crippen LogP contribution in [0.4, 0.5) is 0 Å². The number of unbranched alkanes of at least 4 members (excludes halogenated alkanes) is 1. The summed E-state index contributed by atoms with van der Waals surface area (Å²) in [6, 6.07) is 5.93. The lowest BCUT2D eigenvalue weighted by atomic mass is 9.73. The summed E-state index contributed by atoms with van der Waals surface area (Å²) < 4.78 is 12.9. The van der Waals surface area contributed by atoms with E-state index in [1.54, 1.807) is 25.4 Å². The van der Waals surface area contributed by atoms with E-state index >= 15 is 0 Å². The zero-order valence-electron chi connectivity index (χ0n) is 18.2. The number of carbonyl (C=O) groups excluding carboxylic acids is 1. The number of halogens is 1. The van der Waals surface area contributed by atoms with Crippen molar-refractivity contribution >= 4 is 24.0 Å². The Balaban J connectivity index is 0.00000272. The molecule has 1 amide bonds. The minimum Gasteiger partial charge on any atom is -0.493 e. The molecule has 2 unspecified atom stereocenters. The number of imidazole rings is 1. The lowest BCUT2D eigenvalue weighted by molar-refractivity contribution is -0.139. The van der Waals surface area contributed by atoms with Gasteiger partial charge in [0.25, 0.3) is 0 Å². The van der Waals surface area contributed by atoms with Crippen molar-refractivity contribution in [3.63, 3.8) is 0 Å². The first kappa shape index (κ1) is 23.1. The van der Waals surface area contributed by atoms with Crippen LogP contribution in [0.5, 0.6) is 11.5 Å². The molecule has 0 bridgehead atoms. The van der Waals surface area contributed by atoms with Gasteiger partial charge in [-0.2, -0.15) is 5.10 Å². The molecule has 1 aromatic carbocycles. The van der Waals surface area contributed by atoms with E-state index in [0.29, 0.717) is 18.0 Å². The van der Waals surface area contributed by atoms with Crippen molar-refractivity contribution in [3.8, 4) is 11.5 Å². The zero-order valence-corrected chi connectivity index (χ0v) is 19.0. The Bertz CT molecular complexity index is 900. The van der Waals surface area contributed by atoms with Gasteiger partial charge in [0.2, 0.25) is 5.91 Å². The first-order valence-corrected chi connectivity index (χ1v) is 10.8. The number of fused-ring (bicyclic) bond motifs is 1. The molecule has 0 N–H and O–H groups in total. The number of aryl methyl sites for hydroxylation is 1. The van der Waals surface area contributed by atoms with Crippen LogP contribution in [0.1, 0.15) is 44.1 Å². The largest absolute Gasteiger partial charge is 0.493 e. The third kappa shape index (κ3) is 5.03. The van der Waals surface area contributed by atoms with Crippen molar-refractivity contribution in [2.75, 3.05) is 20.8 Å². The third-order valence-electron chi connectivity index (χ3n) is 6.19. The molecule has 2 aliphatic rings. The average molecular weight is 447 g/mol. The molecule has 1 aliphatic carbocycles. The topological polar surface area (TPSA) is 69.0 Å². The van der Waals surface area contributed by atoms with Crippen LogP contribution in [0.2, 0.25) is 0 Å². The number of hydrazone groups is 1. The smallest absolute Gasteiger partial charge is 0.246 e.